The summed E-state index contributed by atoms with van der Waals surface area (Å²) in [5, 5.41) is 19.0. The van der Waals surface area contributed by atoms with Crippen molar-refractivity contribution >= 4 is 11.9 Å². The van der Waals surface area contributed by atoms with Crippen LogP contribution in [0.1, 0.15) is 13.8 Å². The molecule has 1 radical (unpaired) electrons. The Bertz CT molecular complexity index is 172. The summed E-state index contributed by atoms with van der Waals surface area (Å²) in [6.45, 7) is 8.95. The van der Waals surface area contributed by atoms with Crippen LogP contribution < -0.4 is 10.2 Å². The molecule has 0 amide bonds. The predicted octanol–water partition coefficient (Wildman–Crippen LogP) is -1.38. The molecule has 13 heavy (non-hydrogen) atoms. The monoisotopic (exact) mass is 323 g/mol. The van der Waals surface area contributed by atoms with Gasteiger partial charge in [0.2, 0.25) is 0 Å². The number of carbonyl (C=O) groups excluding carboxylic acids is 2. The van der Waals surface area contributed by atoms with Crippen molar-refractivity contribution in [1.82, 2.24) is 0 Å². The van der Waals surface area contributed by atoms with E-state index in [-0.39, 0.29) is 60.5 Å². The zero-order chi connectivity index (χ0) is 10.3. The first kappa shape index (κ1) is 18.7. The van der Waals surface area contributed by atoms with Gasteiger partial charge in [-0.2, -0.15) is 0 Å². The summed E-state index contributed by atoms with van der Waals surface area (Å²) in [7, 11) is 0. The molecule has 0 saturated heterocycles. The molecule has 0 aromatic rings. The quantitative estimate of drug-likeness (QED) is 0.587. The Hall–Kier alpha value is 0.00442. The van der Waals surface area contributed by atoms with Crippen LogP contribution in [0.5, 0.6) is 0 Å². The molecule has 0 fully saturated rings. The van der Waals surface area contributed by atoms with Crippen LogP contribution in [-0.4, -0.2) is 11.9 Å². The van der Waals surface area contributed by atoms with Gasteiger partial charge in [0, 0.05) is 0 Å². The van der Waals surface area contributed by atoms with Crippen LogP contribution >= 0.6 is 0 Å². The summed E-state index contributed by atoms with van der Waals surface area (Å²) in [4.78, 5) is 19.0. The second kappa shape index (κ2) is 10.1. The van der Waals surface area contributed by atoms with Gasteiger partial charge in [-0.05, 0) is 25.0 Å². The molecular weight excluding hydrogens is 312 g/mol. The number of aliphatic carboxylic acids is 2. The molecule has 0 aliphatic carbocycles. The topological polar surface area (TPSA) is 80.3 Å². The van der Waals surface area contributed by atoms with Crippen LogP contribution in [0.4, 0.5) is 0 Å². The van der Waals surface area contributed by atoms with E-state index >= 15 is 0 Å². The van der Waals surface area contributed by atoms with Gasteiger partial charge >= 0.3 is 49.4 Å². The third kappa shape index (κ3) is 18.8. The van der Waals surface area contributed by atoms with Crippen molar-refractivity contribution in [3.05, 3.63) is 24.3 Å². The average Bonchev–Trinajstić information content (AvgIpc) is 1.88. The van der Waals surface area contributed by atoms with Crippen molar-refractivity contribution < 1.29 is 69.2 Å². The maximum absolute atomic E-state index is 9.49. The third-order valence-electron chi connectivity index (χ3n) is 0.697. The van der Waals surface area contributed by atoms with Gasteiger partial charge in [-0.1, -0.05) is 13.2 Å². The van der Waals surface area contributed by atoms with E-state index in [9.17, 15) is 19.8 Å². The van der Waals surface area contributed by atoms with Gasteiger partial charge in [0.1, 0.15) is 0 Å². The van der Waals surface area contributed by atoms with Gasteiger partial charge in [0.25, 0.3) is 0 Å². The number of carboxylic acids is 2. The second-order valence-corrected chi connectivity index (χ2v) is 2.14. The molecule has 0 aromatic carbocycles. The summed E-state index contributed by atoms with van der Waals surface area (Å²) in [6.07, 6.45) is 0. The summed E-state index contributed by atoms with van der Waals surface area (Å²) >= 11 is 0. The zero-order valence-corrected chi connectivity index (χ0v) is 9.85. The maximum Gasteiger partial charge on any atom is 2.00 e. The number of rotatable bonds is 2. The van der Waals surface area contributed by atoms with E-state index in [2.05, 4.69) is 13.2 Å². The van der Waals surface area contributed by atoms with Crippen molar-refractivity contribution in [3.8, 4) is 0 Å². The number of carboxylic acid groups (broad SMARTS) is 2. The first-order valence-corrected chi connectivity index (χ1v) is 3.02. The van der Waals surface area contributed by atoms with Gasteiger partial charge in [-0.15, -0.1) is 0 Å². The Morgan fingerprint density at radius 1 is 0.923 bits per heavy atom. The van der Waals surface area contributed by atoms with Crippen molar-refractivity contribution in [2.45, 2.75) is 13.8 Å². The van der Waals surface area contributed by atoms with Gasteiger partial charge in [0.15, 0.2) is 0 Å². The standard InChI is InChI=1S/2C4H6O2.Eu/c2*1-3(2)4(5)6;/h2*1H2,2H3,(H,5,6);/q;;+2/p-2. The number of carbonyl (C=O) groups is 2. The Balaban J connectivity index is -0.000000143. The summed E-state index contributed by atoms with van der Waals surface area (Å²) < 4.78 is 0. The normalized spacial score (nSPS) is 6.92. The fraction of sp³-hybridized carbons (Fsp3) is 0.250. The van der Waals surface area contributed by atoms with E-state index < -0.39 is 11.9 Å². The van der Waals surface area contributed by atoms with E-state index in [4.69, 9.17) is 0 Å². The third-order valence-corrected chi connectivity index (χ3v) is 0.697. The minimum Gasteiger partial charge on any atom is -0.545 e. The average molecular weight is 322 g/mol. The smallest absolute Gasteiger partial charge is 0.545 e. The fourth-order valence-electron chi connectivity index (χ4n) is 0. The molecule has 0 saturated carbocycles. The molecule has 0 aliphatic heterocycles. The van der Waals surface area contributed by atoms with E-state index in [1.807, 2.05) is 0 Å². The van der Waals surface area contributed by atoms with Crippen molar-refractivity contribution in [2.75, 3.05) is 0 Å². The second-order valence-electron chi connectivity index (χ2n) is 2.14. The number of hydrogen-bond donors (Lipinski definition) is 0. The van der Waals surface area contributed by atoms with Crippen molar-refractivity contribution in [2.24, 2.45) is 0 Å². The van der Waals surface area contributed by atoms with Crippen LogP contribution in [0.25, 0.3) is 0 Å². The van der Waals surface area contributed by atoms with E-state index in [0.717, 1.165) is 0 Å². The molecule has 0 heterocycles. The fourth-order valence-corrected chi connectivity index (χ4v) is 0. The van der Waals surface area contributed by atoms with Crippen LogP contribution in [0.3, 0.4) is 0 Å². The van der Waals surface area contributed by atoms with Gasteiger partial charge in [-0.25, -0.2) is 0 Å². The summed E-state index contributed by atoms with van der Waals surface area (Å²) in [5.74, 6) is -2.37. The zero-order valence-electron chi connectivity index (χ0n) is 7.43. The van der Waals surface area contributed by atoms with Gasteiger partial charge < -0.3 is 19.8 Å². The summed E-state index contributed by atoms with van der Waals surface area (Å²) in [5.41, 5.74) is 0.130. The Morgan fingerprint density at radius 3 is 1.00 bits per heavy atom. The van der Waals surface area contributed by atoms with Crippen molar-refractivity contribution in [3.63, 3.8) is 0 Å². The molecule has 0 spiro atoms. The van der Waals surface area contributed by atoms with Crippen LogP contribution in [-0.2, 0) is 9.59 Å². The van der Waals surface area contributed by atoms with Crippen LogP contribution in [0.2, 0.25) is 0 Å². The molecule has 4 nitrogen and oxygen atoms in total. The Kier molecular flexibility index (Phi) is 14.5. The maximum atomic E-state index is 9.49. The Morgan fingerprint density at radius 2 is 1.00 bits per heavy atom. The molecule has 0 bridgehead atoms. The predicted molar refractivity (Wildman–Crippen MR) is 39.6 cm³/mol. The SMILES string of the molecule is C=C(C)C(=O)[O-].C=C(C)C(=O)[O-].[Eu+2]. The molecule has 73 valence electrons. The molecule has 0 aromatic heterocycles. The molecule has 0 N–H and O–H groups in total. The van der Waals surface area contributed by atoms with E-state index in [1.165, 1.54) is 13.8 Å². The minimum atomic E-state index is -1.19. The van der Waals surface area contributed by atoms with Crippen LogP contribution in [0.15, 0.2) is 24.3 Å². The Labute approximate surface area is 118 Å². The van der Waals surface area contributed by atoms with Crippen molar-refractivity contribution in [1.29, 1.82) is 0 Å². The first-order valence-electron chi connectivity index (χ1n) is 3.02. The molecular formula is C8H10EuO4. The molecule has 0 unspecified atom stereocenters. The first-order chi connectivity index (χ1) is 5.29. The number of hydrogen-bond acceptors (Lipinski definition) is 4. The van der Waals surface area contributed by atoms with E-state index in [1.54, 1.807) is 0 Å². The largest absolute Gasteiger partial charge is 2.00 e. The molecule has 0 atom stereocenters. The molecule has 0 rings (SSSR count). The van der Waals surface area contributed by atoms with Gasteiger partial charge in [-0.3, -0.25) is 0 Å². The minimum absolute atomic E-state index is 0. The summed E-state index contributed by atoms with van der Waals surface area (Å²) in [6, 6.07) is 0. The van der Waals surface area contributed by atoms with E-state index in [0.29, 0.717) is 0 Å². The molecule has 5 heteroatoms. The van der Waals surface area contributed by atoms with Gasteiger partial charge in [0.05, 0.1) is 11.9 Å². The molecule has 0 aliphatic rings. The van der Waals surface area contributed by atoms with Crippen LogP contribution in [0, 0.1) is 49.4 Å².